The third-order valence-electron chi connectivity index (χ3n) is 7.06. The summed E-state index contributed by atoms with van der Waals surface area (Å²) >= 11 is 0. The molecule has 37 heavy (non-hydrogen) atoms. The Bertz CT molecular complexity index is 1350. The van der Waals surface area contributed by atoms with Crippen LogP contribution in [-0.2, 0) is 13.6 Å². The molecular weight excluding hydrogens is 476 g/mol. The lowest BCUT2D eigenvalue weighted by atomic mass is 9.96. The Morgan fingerprint density at radius 2 is 1.51 bits per heavy atom. The zero-order valence-corrected chi connectivity index (χ0v) is 20.8. The van der Waals surface area contributed by atoms with Crippen molar-refractivity contribution >= 4 is 23.1 Å². The van der Waals surface area contributed by atoms with E-state index in [0.717, 1.165) is 65.3 Å². The van der Waals surface area contributed by atoms with Gasteiger partial charge in [-0.15, -0.1) is 0 Å². The molecule has 1 amide bonds. The fourth-order valence-corrected chi connectivity index (χ4v) is 5.06. The van der Waals surface area contributed by atoms with E-state index in [0.29, 0.717) is 5.95 Å². The molecule has 0 saturated carbocycles. The molecule has 0 atom stereocenters. The maximum absolute atomic E-state index is 13.6. The van der Waals surface area contributed by atoms with Crippen molar-refractivity contribution < 1.29 is 18.7 Å². The van der Waals surface area contributed by atoms with Gasteiger partial charge in [0.2, 0.25) is 5.95 Å². The number of amides is 1. The topological polar surface area (TPSA) is 64.8 Å². The van der Waals surface area contributed by atoms with Crippen LogP contribution in [0.15, 0.2) is 66.7 Å². The van der Waals surface area contributed by atoms with Crippen molar-refractivity contribution in [2.45, 2.75) is 12.6 Å². The smallest absolute Gasteiger partial charge is 0.413 e. The molecule has 4 aromatic rings. The number of halogens is 2. The van der Waals surface area contributed by atoms with Crippen LogP contribution in [0.25, 0.3) is 11.0 Å². The normalized spacial score (nSPS) is 14.9. The Kier molecular flexibility index (Phi) is 6.90. The fraction of sp³-hybridized carbons (Fsp3) is 0.286. The van der Waals surface area contributed by atoms with Crippen LogP contribution in [-0.4, -0.2) is 63.8 Å². The quantitative estimate of drug-likeness (QED) is 0.405. The van der Waals surface area contributed by atoms with Crippen LogP contribution in [0.1, 0.15) is 22.7 Å². The van der Waals surface area contributed by atoms with E-state index in [9.17, 15) is 18.7 Å². The van der Waals surface area contributed by atoms with Gasteiger partial charge in [-0.2, -0.15) is 0 Å². The minimum Gasteiger partial charge on any atom is -0.465 e. The highest BCUT2D eigenvalue weighted by Crippen LogP contribution is 2.30. The number of benzene rings is 3. The standard InChI is InChI=1S/C28H29F2N5O2/c1-32-25-12-3-19(17-24(25)31-27(32)33(2)28(36)37)18-34-13-15-35(16-14-34)26(20-4-8-22(29)9-5-20)21-6-10-23(30)11-7-21/h3-12,17,26H,13-16,18H2,1-2H3,(H,36,37). The summed E-state index contributed by atoms with van der Waals surface area (Å²) in [4.78, 5) is 21.7. The highest BCUT2D eigenvalue weighted by molar-refractivity contribution is 5.87. The van der Waals surface area contributed by atoms with Gasteiger partial charge in [0.05, 0.1) is 17.1 Å². The predicted octanol–water partition coefficient (Wildman–Crippen LogP) is 4.87. The van der Waals surface area contributed by atoms with Crippen LogP contribution in [0, 0.1) is 11.6 Å². The molecule has 0 radical (unpaired) electrons. The molecule has 0 aliphatic carbocycles. The summed E-state index contributed by atoms with van der Waals surface area (Å²) in [5.74, 6) is -0.183. The van der Waals surface area contributed by atoms with Gasteiger partial charge in [-0.1, -0.05) is 30.3 Å². The second-order valence-corrected chi connectivity index (χ2v) is 9.45. The Balaban J connectivity index is 1.30. The second kappa shape index (κ2) is 10.3. The molecule has 5 rings (SSSR count). The van der Waals surface area contributed by atoms with E-state index in [1.807, 2.05) is 19.2 Å². The second-order valence-electron chi connectivity index (χ2n) is 9.45. The summed E-state index contributed by atoms with van der Waals surface area (Å²) in [6.07, 6.45) is -1.06. The number of aromatic nitrogens is 2. The van der Waals surface area contributed by atoms with Crippen LogP contribution in [0.2, 0.25) is 0 Å². The number of fused-ring (bicyclic) bond motifs is 1. The SMILES string of the molecule is CN(C(=O)O)c1nc2cc(CN3CCN(C(c4ccc(F)cc4)c4ccc(F)cc4)CC3)ccc2n1C. The lowest BCUT2D eigenvalue weighted by molar-refractivity contribution is 0.105. The molecular formula is C28H29F2N5O2. The Hall–Kier alpha value is -3.82. The fourth-order valence-electron chi connectivity index (χ4n) is 5.06. The van der Waals surface area contributed by atoms with E-state index in [4.69, 9.17) is 0 Å². The zero-order chi connectivity index (χ0) is 26.1. The molecule has 0 unspecified atom stereocenters. The zero-order valence-electron chi connectivity index (χ0n) is 20.8. The van der Waals surface area contributed by atoms with Crippen molar-refractivity contribution in [1.29, 1.82) is 0 Å². The molecule has 0 spiro atoms. The molecule has 9 heteroatoms. The van der Waals surface area contributed by atoms with Gasteiger partial charge < -0.3 is 9.67 Å². The number of aryl methyl sites for hydroxylation is 1. The average molecular weight is 506 g/mol. The molecule has 3 aromatic carbocycles. The first-order chi connectivity index (χ1) is 17.8. The number of carbonyl (C=O) groups is 1. The summed E-state index contributed by atoms with van der Waals surface area (Å²) in [6.45, 7) is 4.04. The van der Waals surface area contributed by atoms with E-state index < -0.39 is 6.09 Å². The maximum Gasteiger partial charge on any atom is 0.413 e. The van der Waals surface area contributed by atoms with Crippen LogP contribution in [0.3, 0.4) is 0 Å². The van der Waals surface area contributed by atoms with Crippen molar-refractivity contribution in [2.24, 2.45) is 7.05 Å². The highest BCUT2D eigenvalue weighted by Gasteiger charge is 2.27. The number of hydrogen-bond acceptors (Lipinski definition) is 4. The number of piperazine rings is 1. The number of carboxylic acid groups (broad SMARTS) is 1. The molecule has 192 valence electrons. The van der Waals surface area contributed by atoms with Gasteiger partial charge in [-0.25, -0.2) is 18.6 Å². The summed E-state index contributed by atoms with van der Waals surface area (Å²) < 4.78 is 29.0. The molecule has 0 bridgehead atoms. The third kappa shape index (κ3) is 5.19. The average Bonchev–Trinajstić information content (AvgIpc) is 3.22. The molecule has 1 aliphatic rings. The van der Waals surface area contributed by atoms with Gasteiger partial charge in [0.1, 0.15) is 11.6 Å². The van der Waals surface area contributed by atoms with Crippen molar-refractivity contribution in [3.8, 4) is 0 Å². The summed E-state index contributed by atoms with van der Waals surface area (Å²) in [6, 6.07) is 19.0. The van der Waals surface area contributed by atoms with Gasteiger partial charge in [0.25, 0.3) is 0 Å². The Morgan fingerprint density at radius 1 is 0.946 bits per heavy atom. The highest BCUT2D eigenvalue weighted by atomic mass is 19.1. The largest absolute Gasteiger partial charge is 0.465 e. The minimum atomic E-state index is -1.06. The van der Waals surface area contributed by atoms with E-state index in [1.54, 1.807) is 28.8 Å². The lowest BCUT2D eigenvalue weighted by Crippen LogP contribution is -2.47. The molecule has 7 nitrogen and oxygen atoms in total. The Labute approximate surface area is 214 Å². The van der Waals surface area contributed by atoms with Gasteiger partial charge in [-0.3, -0.25) is 14.7 Å². The van der Waals surface area contributed by atoms with Gasteiger partial charge >= 0.3 is 6.09 Å². The van der Waals surface area contributed by atoms with Crippen molar-refractivity contribution in [1.82, 2.24) is 19.4 Å². The van der Waals surface area contributed by atoms with Crippen LogP contribution >= 0.6 is 0 Å². The first-order valence-electron chi connectivity index (χ1n) is 12.2. The minimum absolute atomic E-state index is 0.0853. The first kappa shape index (κ1) is 24.9. The number of anilines is 1. The van der Waals surface area contributed by atoms with Crippen molar-refractivity contribution in [2.75, 3.05) is 38.1 Å². The maximum atomic E-state index is 13.6. The lowest BCUT2D eigenvalue weighted by Gasteiger charge is -2.40. The van der Waals surface area contributed by atoms with Crippen LogP contribution < -0.4 is 4.90 Å². The van der Waals surface area contributed by atoms with E-state index in [2.05, 4.69) is 20.9 Å². The van der Waals surface area contributed by atoms with E-state index in [-0.39, 0.29) is 17.7 Å². The van der Waals surface area contributed by atoms with E-state index >= 15 is 0 Å². The van der Waals surface area contributed by atoms with Gasteiger partial charge in [0.15, 0.2) is 0 Å². The van der Waals surface area contributed by atoms with Crippen molar-refractivity contribution in [3.63, 3.8) is 0 Å². The molecule has 1 fully saturated rings. The third-order valence-corrected chi connectivity index (χ3v) is 7.06. The van der Waals surface area contributed by atoms with Gasteiger partial charge in [0, 0.05) is 46.8 Å². The predicted molar refractivity (Wildman–Crippen MR) is 139 cm³/mol. The molecule has 1 saturated heterocycles. The summed E-state index contributed by atoms with van der Waals surface area (Å²) in [7, 11) is 3.29. The van der Waals surface area contributed by atoms with Crippen molar-refractivity contribution in [3.05, 3.63) is 95.1 Å². The first-order valence-corrected chi connectivity index (χ1v) is 12.2. The van der Waals surface area contributed by atoms with Gasteiger partial charge in [-0.05, 0) is 53.1 Å². The number of rotatable bonds is 6. The molecule has 2 heterocycles. The van der Waals surface area contributed by atoms with Crippen LogP contribution in [0.5, 0.6) is 0 Å². The van der Waals surface area contributed by atoms with E-state index in [1.165, 1.54) is 31.3 Å². The Morgan fingerprint density at radius 3 is 2.05 bits per heavy atom. The summed E-state index contributed by atoms with van der Waals surface area (Å²) in [5, 5.41) is 9.31. The monoisotopic (exact) mass is 505 g/mol. The van der Waals surface area contributed by atoms with Crippen LogP contribution in [0.4, 0.5) is 19.5 Å². The number of imidazole rings is 1. The summed E-state index contributed by atoms with van der Waals surface area (Å²) in [5.41, 5.74) is 4.69. The molecule has 1 aromatic heterocycles. The molecule has 1 aliphatic heterocycles. The molecule has 1 N–H and O–H groups in total. The number of nitrogens with zero attached hydrogens (tertiary/aromatic N) is 5. The number of hydrogen-bond donors (Lipinski definition) is 1.